The van der Waals surface area contributed by atoms with E-state index in [1.165, 1.54) is 11.1 Å². The van der Waals surface area contributed by atoms with Gasteiger partial charge in [-0.3, -0.25) is 9.59 Å². The first-order valence-corrected chi connectivity index (χ1v) is 7.58. The number of amides is 2. The largest absolute Gasteiger partial charge is 0.332 e. The highest BCUT2D eigenvalue weighted by atomic mass is 16.2. The number of nitrogens with zero attached hydrogens (tertiary/aromatic N) is 2. The van der Waals surface area contributed by atoms with Crippen LogP contribution in [0.4, 0.5) is 0 Å². The minimum Gasteiger partial charge on any atom is -0.332 e. The summed E-state index contributed by atoms with van der Waals surface area (Å²) in [6.45, 7) is 9.35. The van der Waals surface area contributed by atoms with Gasteiger partial charge in [0.1, 0.15) is 6.04 Å². The van der Waals surface area contributed by atoms with Gasteiger partial charge in [0.15, 0.2) is 0 Å². The van der Waals surface area contributed by atoms with Crippen LogP contribution in [0.3, 0.4) is 0 Å². The molecule has 1 aliphatic rings. The summed E-state index contributed by atoms with van der Waals surface area (Å²) in [4.78, 5) is 28.0. The summed E-state index contributed by atoms with van der Waals surface area (Å²) in [6.07, 6.45) is 0.878. The van der Waals surface area contributed by atoms with Crippen LogP contribution >= 0.6 is 0 Å². The Morgan fingerprint density at radius 2 is 1.90 bits per heavy atom. The van der Waals surface area contributed by atoms with E-state index < -0.39 is 0 Å². The van der Waals surface area contributed by atoms with E-state index in [4.69, 9.17) is 0 Å². The van der Waals surface area contributed by atoms with Crippen LogP contribution in [0.1, 0.15) is 37.0 Å². The average molecular weight is 288 g/mol. The second-order valence-electron chi connectivity index (χ2n) is 5.88. The normalized spacial score (nSPS) is 19.3. The van der Waals surface area contributed by atoms with Crippen molar-refractivity contribution in [1.29, 1.82) is 0 Å². The molecule has 0 aromatic heterocycles. The fourth-order valence-electron chi connectivity index (χ4n) is 2.73. The fraction of sp³-hybridized carbons (Fsp3) is 0.529. The van der Waals surface area contributed by atoms with E-state index in [0.29, 0.717) is 13.1 Å². The molecule has 0 bridgehead atoms. The van der Waals surface area contributed by atoms with Gasteiger partial charge in [-0.05, 0) is 43.9 Å². The Bertz CT molecular complexity index is 554. The zero-order valence-electron chi connectivity index (χ0n) is 13.3. The van der Waals surface area contributed by atoms with Crippen LogP contribution in [0.15, 0.2) is 18.2 Å². The summed E-state index contributed by atoms with van der Waals surface area (Å²) < 4.78 is 0. The Hall–Kier alpha value is -1.84. The van der Waals surface area contributed by atoms with Crippen molar-refractivity contribution in [2.45, 2.75) is 46.7 Å². The Morgan fingerprint density at radius 1 is 1.19 bits per heavy atom. The maximum Gasteiger partial charge on any atom is 0.245 e. The minimum atomic E-state index is -0.376. The average Bonchev–Trinajstić information content (AvgIpc) is 2.45. The molecule has 4 heteroatoms. The molecule has 1 aliphatic heterocycles. The molecule has 0 N–H and O–H groups in total. The summed E-state index contributed by atoms with van der Waals surface area (Å²) in [5.41, 5.74) is 3.53. The smallest absolute Gasteiger partial charge is 0.245 e. The lowest BCUT2D eigenvalue weighted by molar-refractivity contribution is -0.155. The predicted octanol–water partition coefficient (Wildman–Crippen LogP) is 2.27. The molecule has 21 heavy (non-hydrogen) atoms. The van der Waals surface area contributed by atoms with Crippen molar-refractivity contribution < 1.29 is 9.59 Å². The summed E-state index contributed by atoms with van der Waals surface area (Å²) in [6, 6.07) is 5.82. The lowest BCUT2D eigenvalue weighted by Gasteiger charge is -2.38. The van der Waals surface area contributed by atoms with Crippen LogP contribution < -0.4 is 0 Å². The van der Waals surface area contributed by atoms with Gasteiger partial charge in [-0.25, -0.2) is 0 Å². The first-order chi connectivity index (χ1) is 9.93. The maximum atomic E-state index is 12.3. The first kappa shape index (κ1) is 15.5. The Labute approximate surface area is 126 Å². The molecule has 0 spiro atoms. The molecule has 1 saturated heterocycles. The maximum absolute atomic E-state index is 12.3. The molecule has 1 fully saturated rings. The molecule has 1 aromatic rings. The highest BCUT2D eigenvalue weighted by Crippen LogP contribution is 2.18. The fourth-order valence-corrected chi connectivity index (χ4v) is 2.73. The van der Waals surface area contributed by atoms with Gasteiger partial charge < -0.3 is 9.80 Å². The van der Waals surface area contributed by atoms with Gasteiger partial charge in [0.05, 0.1) is 6.54 Å². The summed E-state index contributed by atoms with van der Waals surface area (Å²) in [5.74, 6) is 0.0917. The summed E-state index contributed by atoms with van der Waals surface area (Å²) in [5, 5.41) is 0. The second kappa shape index (κ2) is 6.29. The topological polar surface area (TPSA) is 40.6 Å². The third kappa shape index (κ3) is 3.26. The van der Waals surface area contributed by atoms with Crippen molar-refractivity contribution in [1.82, 2.24) is 9.80 Å². The van der Waals surface area contributed by atoms with Crippen LogP contribution in [0.25, 0.3) is 0 Å². The molecule has 1 heterocycles. The number of aryl methyl sites for hydroxylation is 2. The van der Waals surface area contributed by atoms with Gasteiger partial charge in [0, 0.05) is 13.1 Å². The molecule has 0 unspecified atom stereocenters. The SMILES string of the molecule is CCCN1CC(=O)N(Cc2ccc(C)c(C)c2)[C@@H](C)C1=O. The van der Waals surface area contributed by atoms with E-state index in [1.807, 2.05) is 19.9 Å². The number of piperazine rings is 1. The van der Waals surface area contributed by atoms with Gasteiger partial charge >= 0.3 is 0 Å². The van der Waals surface area contributed by atoms with Crippen molar-refractivity contribution in [3.63, 3.8) is 0 Å². The third-order valence-corrected chi connectivity index (χ3v) is 4.20. The molecule has 2 rings (SSSR count). The molecular weight excluding hydrogens is 264 g/mol. The number of rotatable bonds is 4. The van der Waals surface area contributed by atoms with Gasteiger partial charge in [0.25, 0.3) is 0 Å². The van der Waals surface area contributed by atoms with Crippen molar-refractivity contribution in [3.05, 3.63) is 34.9 Å². The zero-order valence-corrected chi connectivity index (χ0v) is 13.3. The lowest BCUT2D eigenvalue weighted by Crippen LogP contribution is -2.58. The number of hydrogen-bond donors (Lipinski definition) is 0. The van der Waals surface area contributed by atoms with Crippen LogP contribution in [0.5, 0.6) is 0 Å². The van der Waals surface area contributed by atoms with Crippen molar-refractivity contribution in [2.75, 3.05) is 13.1 Å². The van der Waals surface area contributed by atoms with Gasteiger partial charge in [-0.2, -0.15) is 0 Å². The van der Waals surface area contributed by atoms with Crippen molar-refractivity contribution >= 4 is 11.8 Å². The van der Waals surface area contributed by atoms with Gasteiger partial charge in [-0.15, -0.1) is 0 Å². The van der Waals surface area contributed by atoms with Gasteiger partial charge in [0.2, 0.25) is 11.8 Å². The molecule has 0 radical (unpaired) electrons. The molecule has 1 atom stereocenters. The zero-order chi connectivity index (χ0) is 15.6. The van der Waals surface area contributed by atoms with Crippen LogP contribution in [0, 0.1) is 13.8 Å². The second-order valence-corrected chi connectivity index (χ2v) is 5.88. The van der Waals surface area contributed by atoms with Crippen LogP contribution in [-0.2, 0) is 16.1 Å². The third-order valence-electron chi connectivity index (χ3n) is 4.20. The molecule has 1 aromatic carbocycles. The Kier molecular flexibility index (Phi) is 4.66. The van der Waals surface area contributed by atoms with E-state index in [-0.39, 0.29) is 24.4 Å². The molecule has 0 saturated carbocycles. The lowest BCUT2D eigenvalue weighted by atomic mass is 10.0. The molecular formula is C17H24N2O2. The minimum absolute atomic E-state index is 0.0359. The Balaban J connectivity index is 2.14. The van der Waals surface area contributed by atoms with E-state index in [0.717, 1.165) is 12.0 Å². The van der Waals surface area contributed by atoms with Crippen LogP contribution in [-0.4, -0.2) is 40.7 Å². The number of benzene rings is 1. The molecule has 0 aliphatic carbocycles. The number of hydrogen-bond acceptors (Lipinski definition) is 2. The number of carbonyl (C=O) groups excluding carboxylic acids is 2. The van der Waals surface area contributed by atoms with E-state index >= 15 is 0 Å². The van der Waals surface area contributed by atoms with Crippen LogP contribution in [0.2, 0.25) is 0 Å². The summed E-state index contributed by atoms with van der Waals surface area (Å²) >= 11 is 0. The molecule has 114 valence electrons. The molecule has 2 amide bonds. The summed E-state index contributed by atoms with van der Waals surface area (Å²) in [7, 11) is 0. The van der Waals surface area contributed by atoms with Crippen molar-refractivity contribution in [2.24, 2.45) is 0 Å². The standard InChI is InChI=1S/C17H24N2O2/c1-5-8-18-11-16(20)19(14(4)17(18)21)10-15-7-6-12(2)13(3)9-15/h6-7,9,14H,5,8,10-11H2,1-4H3/t14-/m0/s1. The monoisotopic (exact) mass is 288 g/mol. The van der Waals surface area contributed by atoms with E-state index in [1.54, 1.807) is 9.80 Å². The predicted molar refractivity (Wildman–Crippen MR) is 82.8 cm³/mol. The highest BCUT2D eigenvalue weighted by Gasteiger charge is 2.35. The molecule has 4 nitrogen and oxygen atoms in total. The quantitative estimate of drug-likeness (QED) is 0.853. The highest BCUT2D eigenvalue weighted by molar-refractivity contribution is 5.94. The van der Waals surface area contributed by atoms with E-state index in [9.17, 15) is 9.59 Å². The van der Waals surface area contributed by atoms with E-state index in [2.05, 4.69) is 26.0 Å². The number of carbonyl (C=O) groups is 2. The Morgan fingerprint density at radius 3 is 2.52 bits per heavy atom. The van der Waals surface area contributed by atoms with Crippen molar-refractivity contribution in [3.8, 4) is 0 Å². The first-order valence-electron chi connectivity index (χ1n) is 7.58. The van der Waals surface area contributed by atoms with Gasteiger partial charge in [-0.1, -0.05) is 25.1 Å².